The number of rotatable bonds is 8. The summed E-state index contributed by atoms with van der Waals surface area (Å²) in [5, 5.41) is 16.0. The number of aliphatic hydroxyl groups excluding tert-OH is 1. The Morgan fingerprint density at radius 3 is 2.42 bits per heavy atom. The zero-order chi connectivity index (χ0) is 17.6. The Labute approximate surface area is 142 Å². The van der Waals surface area contributed by atoms with Crippen LogP contribution < -0.4 is 5.32 Å². The van der Waals surface area contributed by atoms with Crippen LogP contribution in [-0.2, 0) is 0 Å². The van der Waals surface area contributed by atoms with Gasteiger partial charge in [0.2, 0.25) is 0 Å². The highest BCUT2D eigenvalue weighted by molar-refractivity contribution is 5.94. The fourth-order valence-electron chi connectivity index (χ4n) is 2.73. The van der Waals surface area contributed by atoms with Crippen LogP contribution in [0.4, 0.5) is 0 Å². The molecule has 24 heavy (non-hydrogen) atoms. The minimum Gasteiger partial charge on any atom is -0.396 e. The Hall–Kier alpha value is -2.21. The van der Waals surface area contributed by atoms with Gasteiger partial charge in [-0.25, -0.2) is 0 Å². The van der Waals surface area contributed by atoms with Gasteiger partial charge < -0.3 is 14.9 Å². The van der Waals surface area contributed by atoms with Crippen LogP contribution in [0.3, 0.4) is 0 Å². The van der Waals surface area contributed by atoms with Gasteiger partial charge in [0.1, 0.15) is 0 Å². The van der Waals surface area contributed by atoms with Gasteiger partial charge >= 0.3 is 0 Å². The maximum atomic E-state index is 12.4. The molecule has 0 atom stereocenters. The highest BCUT2D eigenvalue weighted by atomic mass is 16.5. The molecule has 0 aliphatic heterocycles. The van der Waals surface area contributed by atoms with Crippen LogP contribution in [0.1, 0.15) is 49.3 Å². The highest BCUT2D eigenvalue weighted by Gasteiger charge is 2.26. The van der Waals surface area contributed by atoms with Gasteiger partial charge in [-0.2, -0.15) is 4.98 Å². The summed E-state index contributed by atoms with van der Waals surface area (Å²) in [6.45, 7) is 6.63. The van der Waals surface area contributed by atoms with Gasteiger partial charge in [-0.3, -0.25) is 4.79 Å². The smallest absolute Gasteiger partial charge is 0.257 e. The van der Waals surface area contributed by atoms with Crippen molar-refractivity contribution >= 4 is 5.91 Å². The number of carbonyl (C=O) groups excluding carboxylic acids is 1. The number of nitrogens with zero attached hydrogens (tertiary/aromatic N) is 2. The third-order valence-corrected chi connectivity index (χ3v) is 4.69. The summed E-state index contributed by atoms with van der Waals surface area (Å²) in [6.07, 6.45) is 2.52. The maximum absolute atomic E-state index is 12.4. The molecule has 0 unspecified atom stereocenters. The summed E-state index contributed by atoms with van der Waals surface area (Å²) in [7, 11) is 0. The van der Waals surface area contributed by atoms with Gasteiger partial charge in [-0.15, -0.1) is 0 Å². The maximum Gasteiger partial charge on any atom is 0.257 e. The molecule has 2 aromatic rings. The molecule has 0 saturated carbocycles. The van der Waals surface area contributed by atoms with Crippen molar-refractivity contribution in [2.75, 3.05) is 13.2 Å². The van der Waals surface area contributed by atoms with Crippen LogP contribution in [-0.4, -0.2) is 34.3 Å². The lowest BCUT2D eigenvalue weighted by Gasteiger charge is -2.31. The minimum atomic E-state index is -0.118. The van der Waals surface area contributed by atoms with Gasteiger partial charge in [0.25, 0.3) is 11.8 Å². The molecule has 0 spiro atoms. The molecule has 0 radical (unpaired) electrons. The van der Waals surface area contributed by atoms with E-state index < -0.39 is 0 Å². The minimum absolute atomic E-state index is 0.0500. The van der Waals surface area contributed by atoms with Crippen LogP contribution >= 0.6 is 0 Å². The predicted octanol–water partition coefficient (Wildman–Crippen LogP) is 2.96. The first-order valence-electron chi connectivity index (χ1n) is 8.33. The van der Waals surface area contributed by atoms with Crippen LogP contribution in [0.25, 0.3) is 11.5 Å². The van der Waals surface area contributed by atoms with Crippen molar-refractivity contribution in [3.8, 4) is 11.5 Å². The summed E-state index contributed by atoms with van der Waals surface area (Å²) >= 11 is 0. The van der Waals surface area contributed by atoms with Crippen molar-refractivity contribution in [2.45, 2.75) is 40.0 Å². The Kier molecular flexibility index (Phi) is 6.09. The van der Waals surface area contributed by atoms with Crippen LogP contribution in [0.2, 0.25) is 0 Å². The van der Waals surface area contributed by atoms with E-state index in [1.807, 2.05) is 0 Å². The van der Waals surface area contributed by atoms with Crippen molar-refractivity contribution in [2.24, 2.45) is 5.41 Å². The van der Waals surface area contributed by atoms with Crippen molar-refractivity contribution in [3.63, 3.8) is 0 Å². The molecule has 130 valence electrons. The lowest BCUT2D eigenvalue weighted by Crippen LogP contribution is -2.37. The van der Waals surface area contributed by atoms with Crippen LogP contribution in [0.5, 0.6) is 0 Å². The highest BCUT2D eigenvalue weighted by Crippen LogP contribution is 2.29. The van der Waals surface area contributed by atoms with Gasteiger partial charge in [-0.05, 0) is 55.9 Å². The van der Waals surface area contributed by atoms with E-state index in [4.69, 9.17) is 4.52 Å². The molecule has 0 aliphatic rings. The Morgan fingerprint density at radius 1 is 1.25 bits per heavy atom. The fraction of sp³-hybridized carbons (Fsp3) is 0.500. The first kappa shape index (κ1) is 18.1. The van der Waals surface area contributed by atoms with Gasteiger partial charge in [-0.1, -0.05) is 19.0 Å². The van der Waals surface area contributed by atoms with E-state index in [1.165, 1.54) is 0 Å². The monoisotopic (exact) mass is 331 g/mol. The number of hydrogen-bond donors (Lipinski definition) is 2. The quantitative estimate of drug-likeness (QED) is 0.776. The lowest BCUT2D eigenvalue weighted by atomic mass is 9.79. The molecule has 0 aliphatic carbocycles. The topological polar surface area (TPSA) is 88.2 Å². The number of carbonyl (C=O) groups is 1. The van der Waals surface area contributed by atoms with Gasteiger partial charge in [0.15, 0.2) is 5.82 Å². The van der Waals surface area contributed by atoms with Crippen molar-refractivity contribution in [3.05, 3.63) is 35.7 Å². The third-order valence-electron chi connectivity index (χ3n) is 4.69. The SMILES string of the molecule is CCC(CC)(CCO)CNC(=O)c1ccc(-c2nc(C)no2)cc1. The van der Waals surface area contributed by atoms with Gasteiger partial charge in [0.05, 0.1) is 0 Å². The first-order valence-corrected chi connectivity index (χ1v) is 8.33. The second-order valence-electron chi connectivity index (χ2n) is 6.09. The lowest BCUT2D eigenvalue weighted by molar-refractivity contribution is 0.0907. The van der Waals surface area contributed by atoms with E-state index in [1.54, 1.807) is 31.2 Å². The third kappa shape index (κ3) is 4.20. The number of aliphatic hydroxyl groups is 1. The summed E-state index contributed by atoms with van der Waals surface area (Å²) in [5.41, 5.74) is 1.31. The standard InChI is InChI=1S/C18H25N3O3/c1-4-18(5-2,10-11-22)12-19-16(23)14-6-8-15(9-7-14)17-20-13(3)21-24-17/h6-9,22H,4-5,10-12H2,1-3H3,(H,19,23). The molecular formula is C18H25N3O3. The zero-order valence-corrected chi connectivity index (χ0v) is 14.5. The normalized spacial score (nSPS) is 11.5. The first-order chi connectivity index (χ1) is 11.5. The number of hydrogen-bond acceptors (Lipinski definition) is 5. The second-order valence-corrected chi connectivity index (χ2v) is 6.09. The molecule has 1 heterocycles. The average Bonchev–Trinajstić information content (AvgIpc) is 3.05. The second kappa shape index (κ2) is 8.06. The van der Waals surface area contributed by atoms with Crippen LogP contribution in [0, 0.1) is 12.3 Å². The van der Waals surface area contributed by atoms with Crippen molar-refractivity contribution < 1.29 is 14.4 Å². The number of aryl methyl sites for hydroxylation is 1. The van der Waals surface area contributed by atoms with Crippen LogP contribution in [0.15, 0.2) is 28.8 Å². The molecule has 6 nitrogen and oxygen atoms in total. The molecule has 6 heteroatoms. The molecule has 2 N–H and O–H groups in total. The molecule has 1 aromatic carbocycles. The molecule has 1 aromatic heterocycles. The Bertz CT molecular complexity index is 660. The summed E-state index contributed by atoms with van der Waals surface area (Å²) in [6, 6.07) is 7.08. The molecule has 0 fully saturated rings. The van der Waals surface area contributed by atoms with E-state index in [2.05, 4.69) is 29.3 Å². The van der Waals surface area contributed by atoms with E-state index >= 15 is 0 Å². The summed E-state index contributed by atoms with van der Waals surface area (Å²) < 4.78 is 5.11. The van der Waals surface area contributed by atoms with Crippen molar-refractivity contribution in [1.82, 2.24) is 15.5 Å². The average molecular weight is 331 g/mol. The molecular weight excluding hydrogens is 306 g/mol. The Balaban J connectivity index is 2.02. The number of amides is 1. The summed E-state index contributed by atoms with van der Waals surface area (Å²) in [5.74, 6) is 0.900. The number of aromatic nitrogens is 2. The molecule has 1 amide bonds. The van der Waals surface area contributed by atoms with E-state index in [0.717, 1.165) is 18.4 Å². The molecule has 0 saturated heterocycles. The van der Waals surface area contributed by atoms with E-state index in [-0.39, 0.29) is 17.9 Å². The molecule has 0 bridgehead atoms. The zero-order valence-electron chi connectivity index (χ0n) is 14.5. The predicted molar refractivity (Wildman–Crippen MR) is 91.5 cm³/mol. The molecule has 2 rings (SSSR count). The fourth-order valence-corrected chi connectivity index (χ4v) is 2.73. The van der Waals surface area contributed by atoms with E-state index in [0.29, 0.717) is 30.2 Å². The number of nitrogens with one attached hydrogen (secondary N) is 1. The summed E-state index contributed by atoms with van der Waals surface area (Å²) in [4.78, 5) is 16.5. The van der Waals surface area contributed by atoms with Gasteiger partial charge in [0, 0.05) is 24.3 Å². The largest absolute Gasteiger partial charge is 0.396 e. The Morgan fingerprint density at radius 2 is 1.92 bits per heavy atom. The van der Waals surface area contributed by atoms with E-state index in [9.17, 15) is 9.90 Å². The number of benzene rings is 1. The van der Waals surface area contributed by atoms with Crippen molar-refractivity contribution in [1.29, 1.82) is 0 Å².